The Morgan fingerprint density at radius 3 is 1.16 bits per heavy atom. The number of unbranched alkanes of at least 4 members (excludes halogenated alkanes) is 30. The number of benzene rings is 3. The molecule has 1 aliphatic carbocycles. The molecule has 3 aromatic rings. The Morgan fingerprint density at radius 2 is 0.768 bits per heavy atom. The van der Waals surface area contributed by atoms with Crippen LogP contribution in [0, 0.1) is 0 Å². The fourth-order valence-corrected chi connectivity index (χ4v) is 10.8. The molecule has 2 atom stereocenters. The summed E-state index contributed by atoms with van der Waals surface area (Å²) < 4.78 is 25.0. The molecular weight excluding hydrogens is 873 g/mol. The topological polar surface area (TPSA) is 77.4 Å². The lowest BCUT2D eigenvalue weighted by atomic mass is 9.90. The van der Waals surface area contributed by atoms with Crippen molar-refractivity contribution in [3.63, 3.8) is 0 Å². The van der Waals surface area contributed by atoms with Crippen molar-refractivity contribution in [3.05, 3.63) is 76.7 Å². The van der Waals surface area contributed by atoms with Gasteiger partial charge < -0.3 is 29.2 Å². The monoisotopic (exact) mass is 973 g/mol. The first-order chi connectivity index (χ1) is 34.1. The largest absolute Gasteiger partial charge is 0.490 e. The Hall–Kier alpha value is -2.55. The molecular formula is C62H100O6S. The maximum absolute atomic E-state index is 11.1. The van der Waals surface area contributed by atoms with Gasteiger partial charge in [0.1, 0.15) is 36.9 Å². The van der Waals surface area contributed by atoms with Gasteiger partial charge in [0.25, 0.3) is 0 Å². The predicted molar refractivity (Wildman–Crippen MR) is 295 cm³/mol. The lowest BCUT2D eigenvalue weighted by Gasteiger charge is -2.26. The van der Waals surface area contributed by atoms with Crippen LogP contribution in [0.2, 0.25) is 0 Å². The van der Waals surface area contributed by atoms with E-state index in [-0.39, 0.29) is 26.4 Å². The van der Waals surface area contributed by atoms with Crippen molar-refractivity contribution in [1.29, 1.82) is 0 Å². The number of hydrogen-bond donors (Lipinski definition) is 2. The number of hydrogen-bond acceptors (Lipinski definition) is 7. The summed E-state index contributed by atoms with van der Waals surface area (Å²) in [6, 6.07) is 18.7. The highest BCUT2D eigenvalue weighted by atomic mass is 32.2. The molecule has 0 radical (unpaired) electrons. The summed E-state index contributed by atoms with van der Waals surface area (Å²) in [5, 5.41) is 24.0. The van der Waals surface area contributed by atoms with E-state index in [1.54, 1.807) is 11.8 Å². The van der Waals surface area contributed by atoms with Crippen LogP contribution in [0.25, 0.3) is 10.8 Å². The van der Waals surface area contributed by atoms with E-state index < -0.39 is 12.2 Å². The van der Waals surface area contributed by atoms with Crippen molar-refractivity contribution in [3.8, 4) is 11.5 Å². The van der Waals surface area contributed by atoms with Crippen LogP contribution >= 0.6 is 11.8 Å². The zero-order valence-electron chi connectivity index (χ0n) is 44.1. The molecule has 0 saturated carbocycles. The van der Waals surface area contributed by atoms with E-state index in [9.17, 15) is 10.2 Å². The van der Waals surface area contributed by atoms with Crippen molar-refractivity contribution < 1.29 is 29.2 Å². The molecule has 0 spiro atoms. The molecule has 3 aromatic carbocycles. The third-order valence-electron chi connectivity index (χ3n) is 14.0. The van der Waals surface area contributed by atoms with E-state index in [4.69, 9.17) is 18.9 Å². The lowest BCUT2D eigenvalue weighted by molar-refractivity contribution is 0.0104. The van der Waals surface area contributed by atoms with Crippen LogP contribution in [0.3, 0.4) is 0 Å². The molecule has 6 nitrogen and oxygen atoms in total. The highest BCUT2D eigenvalue weighted by Crippen LogP contribution is 2.46. The molecule has 2 unspecified atom stereocenters. The van der Waals surface area contributed by atoms with Gasteiger partial charge in [0.15, 0.2) is 0 Å². The summed E-state index contributed by atoms with van der Waals surface area (Å²) >= 11 is 1.78. The van der Waals surface area contributed by atoms with Gasteiger partial charge in [0, 0.05) is 46.4 Å². The molecule has 1 aliphatic rings. The number of allylic oxidation sites excluding steroid dienone is 2. The number of fused-ring (bicyclic) bond motifs is 2. The van der Waals surface area contributed by atoms with E-state index in [0.717, 1.165) is 46.2 Å². The van der Waals surface area contributed by atoms with E-state index in [1.807, 2.05) is 18.2 Å². The summed E-state index contributed by atoms with van der Waals surface area (Å²) in [6.45, 7) is 6.74. The number of rotatable bonds is 46. The van der Waals surface area contributed by atoms with Crippen LogP contribution in [-0.2, 0) is 22.3 Å². The van der Waals surface area contributed by atoms with Crippen LogP contribution in [-0.4, -0.2) is 62.1 Å². The average Bonchev–Trinajstić information content (AvgIpc) is 3.36. The normalized spacial score (nSPS) is 13.4. The van der Waals surface area contributed by atoms with Crippen molar-refractivity contribution in [2.75, 3.05) is 39.6 Å². The van der Waals surface area contributed by atoms with Gasteiger partial charge in [-0.15, -0.1) is 0 Å². The molecule has 0 heterocycles. The summed E-state index contributed by atoms with van der Waals surface area (Å²) in [6.07, 6.45) is 45.4. The van der Waals surface area contributed by atoms with Crippen molar-refractivity contribution in [1.82, 2.24) is 0 Å². The third kappa shape index (κ3) is 26.6. The molecule has 390 valence electrons. The van der Waals surface area contributed by atoms with Gasteiger partial charge in [-0.1, -0.05) is 267 Å². The molecule has 0 aromatic heterocycles. The maximum Gasteiger partial charge on any atom is 0.131 e. The standard InChI is InChI=1S/C62H100O6S/c1-3-5-7-9-11-13-15-17-19-21-23-25-27-29-31-38-46-65-49-53(63)51-67-61-57-42-36-37-43-58(57)62(60-48-56(44-45-59(60)61)69-55-40-34-33-35-41-55)68-52-54(64)50-66-47-39-32-30-28-26-24-22-20-18-16-14-12-10-8-6-4-2/h33-37,40-44,53-54,63-64H,3-32,38-39,45-52H2,1-2H3. The van der Waals surface area contributed by atoms with Crippen LogP contribution in [0.1, 0.15) is 230 Å². The van der Waals surface area contributed by atoms with Gasteiger partial charge in [-0.05, 0) is 36.3 Å². The SMILES string of the molecule is CCCCCCCCCCCCCCCCCCOCC(O)COc1c2c(c(OCC(O)COCCCCCCCCCCCCCCCCCC)c3ccccc13)CC(Sc1ccccc1)=CC2. The Balaban J connectivity index is 1.15. The number of ether oxygens (including phenoxy) is 4. The predicted octanol–water partition coefficient (Wildman–Crippen LogP) is 17.7. The van der Waals surface area contributed by atoms with Crippen molar-refractivity contribution >= 4 is 22.5 Å². The Kier molecular flexibility index (Phi) is 34.2. The Labute approximate surface area is 426 Å². The molecule has 7 heteroatoms. The van der Waals surface area contributed by atoms with E-state index in [1.165, 1.54) is 202 Å². The molecule has 0 saturated heterocycles. The van der Waals surface area contributed by atoms with E-state index in [2.05, 4.69) is 56.3 Å². The molecule has 0 bridgehead atoms. The van der Waals surface area contributed by atoms with Gasteiger partial charge in [0.05, 0.1) is 13.2 Å². The van der Waals surface area contributed by atoms with Crippen LogP contribution < -0.4 is 9.47 Å². The van der Waals surface area contributed by atoms with Gasteiger partial charge >= 0.3 is 0 Å². The minimum absolute atomic E-state index is 0.149. The second-order valence-electron chi connectivity index (χ2n) is 20.3. The summed E-state index contributed by atoms with van der Waals surface area (Å²) in [5.74, 6) is 1.60. The molecule has 4 rings (SSSR count). The van der Waals surface area contributed by atoms with Crippen LogP contribution in [0.5, 0.6) is 11.5 Å². The second kappa shape index (κ2) is 40.0. The zero-order valence-corrected chi connectivity index (χ0v) is 45.0. The highest BCUT2D eigenvalue weighted by molar-refractivity contribution is 8.03. The fraction of sp³-hybridized carbons (Fsp3) is 0.710. The van der Waals surface area contributed by atoms with Gasteiger partial charge in [-0.3, -0.25) is 0 Å². The quantitative estimate of drug-likeness (QED) is 0.0546. The average molecular weight is 974 g/mol. The Bertz CT molecular complexity index is 1710. The first kappa shape index (κ1) is 59.0. The van der Waals surface area contributed by atoms with Crippen LogP contribution in [0.15, 0.2) is 70.5 Å². The van der Waals surface area contributed by atoms with E-state index >= 15 is 0 Å². The highest BCUT2D eigenvalue weighted by Gasteiger charge is 2.26. The van der Waals surface area contributed by atoms with Crippen molar-refractivity contribution in [2.45, 2.75) is 249 Å². The molecule has 0 aliphatic heterocycles. The summed E-state index contributed by atoms with van der Waals surface area (Å²) in [5.41, 5.74) is 2.16. The number of aliphatic hydroxyl groups is 2. The number of aliphatic hydroxyl groups excluding tert-OH is 2. The molecule has 69 heavy (non-hydrogen) atoms. The lowest BCUT2D eigenvalue weighted by Crippen LogP contribution is -2.25. The molecule has 0 amide bonds. The summed E-state index contributed by atoms with van der Waals surface area (Å²) in [7, 11) is 0. The fourth-order valence-electron chi connectivity index (χ4n) is 9.79. The second-order valence-corrected chi connectivity index (χ2v) is 21.5. The maximum atomic E-state index is 11.1. The first-order valence-electron chi connectivity index (χ1n) is 28.9. The molecule has 2 N–H and O–H groups in total. The Morgan fingerprint density at radius 1 is 0.420 bits per heavy atom. The number of thioether (sulfide) groups is 1. The molecule has 0 fully saturated rings. The van der Waals surface area contributed by atoms with Gasteiger partial charge in [0.2, 0.25) is 0 Å². The van der Waals surface area contributed by atoms with Gasteiger partial charge in [-0.25, -0.2) is 0 Å². The van der Waals surface area contributed by atoms with Gasteiger partial charge in [-0.2, -0.15) is 0 Å². The van der Waals surface area contributed by atoms with Crippen LogP contribution in [0.4, 0.5) is 0 Å². The minimum atomic E-state index is -0.733. The minimum Gasteiger partial charge on any atom is -0.490 e. The summed E-state index contributed by atoms with van der Waals surface area (Å²) in [4.78, 5) is 2.46. The zero-order chi connectivity index (χ0) is 48.7. The van der Waals surface area contributed by atoms with Crippen molar-refractivity contribution in [2.24, 2.45) is 0 Å². The first-order valence-corrected chi connectivity index (χ1v) is 29.7. The van der Waals surface area contributed by atoms with E-state index in [0.29, 0.717) is 26.1 Å². The smallest absolute Gasteiger partial charge is 0.131 e. The third-order valence-corrected chi connectivity index (χ3v) is 15.0.